The molecule has 5 heteroatoms. The molecule has 2 aromatic rings. The molecule has 1 N–H and O–H groups in total. The summed E-state index contributed by atoms with van der Waals surface area (Å²) in [7, 11) is 0. The Balaban J connectivity index is 2.18. The monoisotopic (exact) mass is 248 g/mol. The van der Waals surface area contributed by atoms with Crippen molar-refractivity contribution in [2.45, 2.75) is 20.3 Å². The van der Waals surface area contributed by atoms with Gasteiger partial charge in [-0.15, -0.1) is 0 Å². The van der Waals surface area contributed by atoms with Crippen molar-refractivity contribution >= 4 is 11.6 Å². The summed E-state index contributed by atoms with van der Waals surface area (Å²) in [5, 5.41) is 6.26. The highest BCUT2D eigenvalue weighted by Gasteiger charge is 2.13. The first-order valence-electron chi connectivity index (χ1n) is 5.63. The third-order valence-corrected chi connectivity index (χ3v) is 2.59. The number of aryl methyl sites for hydroxylation is 2. The van der Waals surface area contributed by atoms with E-state index in [1.54, 1.807) is 19.1 Å². The first-order chi connectivity index (χ1) is 8.60. The van der Waals surface area contributed by atoms with Gasteiger partial charge in [0.25, 0.3) is 5.91 Å². The van der Waals surface area contributed by atoms with Crippen molar-refractivity contribution in [3.05, 3.63) is 47.1 Å². The molecular formula is C13H13FN2O2. The van der Waals surface area contributed by atoms with Crippen molar-refractivity contribution in [2.75, 3.05) is 5.32 Å². The van der Waals surface area contributed by atoms with Crippen LogP contribution in [-0.4, -0.2) is 11.1 Å². The number of rotatable bonds is 3. The lowest BCUT2D eigenvalue weighted by Gasteiger charge is -2.06. The molecule has 18 heavy (non-hydrogen) atoms. The van der Waals surface area contributed by atoms with E-state index >= 15 is 0 Å². The Bertz CT molecular complexity index is 578. The average molecular weight is 248 g/mol. The molecule has 0 atom stereocenters. The van der Waals surface area contributed by atoms with Gasteiger partial charge >= 0.3 is 0 Å². The van der Waals surface area contributed by atoms with E-state index in [4.69, 9.17) is 4.52 Å². The van der Waals surface area contributed by atoms with Gasteiger partial charge in [0.15, 0.2) is 5.69 Å². The summed E-state index contributed by atoms with van der Waals surface area (Å²) < 4.78 is 18.0. The maximum atomic E-state index is 13.1. The molecule has 4 nitrogen and oxygen atoms in total. The highest BCUT2D eigenvalue weighted by Crippen LogP contribution is 2.17. The van der Waals surface area contributed by atoms with E-state index in [1.807, 2.05) is 6.92 Å². The Hall–Kier alpha value is -2.17. The molecule has 0 aliphatic rings. The highest BCUT2D eigenvalue weighted by molar-refractivity contribution is 6.03. The van der Waals surface area contributed by atoms with Crippen LogP contribution in [0.1, 0.15) is 28.7 Å². The third-order valence-electron chi connectivity index (χ3n) is 2.59. The van der Waals surface area contributed by atoms with Crippen LogP contribution in [0.15, 0.2) is 28.8 Å². The molecular weight excluding hydrogens is 235 g/mol. The number of anilines is 1. The van der Waals surface area contributed by atoms with Crippen LogP contribution < -0.4 is 5.32 Å². The third kappa shape index (κ3) is 2.56. The van der Waals surface area contributed by atoms with Crippen molar-refractivity contribution in [3.63, 3.8) is 0 Å². The summed E-state index contributed by atoms with van der Waals surface area (Å²) in [6.45, 7) is 3.69. The molecule has 0 aliphatic carbocycles. The number of nitrogens with one attached hydrogen (secondary N) is 1. The van der Waals surface area contributed by atoms with Crippen LogP contribution in [0.25, 0.3) is 0 Å². The Kier molecular flexibility index (Phi) is 3.41. The summed E-state index contributed by atoms with van der Waals surface area (Å²) in [5.41, 5.74) is 1.40. The van der Waals surface area contributed by atoms with Gasteiger partial charge in [0.1, 0.15) is 11.6 Å². The number of benzene rings is 1. The maximum Gasteiger partial charge on any atom is 0.277 e. The van der Waals surface area contributed by atoms with E-state index < -0.39 is 11.7 Å². The minimum Gasteiger partial charge on any atom is -0.361 e. The zero-order chi connectivity index (χ0) is 13.1. The molecule has 94 valence electrons. The van der Waals surface area contributed by atoms with Crippen LogP contribution in [0.5, 0.6) is 0 Å². The van der Waals surface area contributed by atoms with Crippen LogP contribution in [0.3, 0.4) is 0 Å². The topological polar surface area (TPSA) is 55.1 Å². The van der Waals surface area contributed by atoms with Gasteiger partial charge in [0.05, 0.1) is 0 Å². The summed E-state index contributed by atoms with van der Waals surface area (Å²) >= 11 is 0. The lowest BCUT2D eigenvalue weighted by Crippen LogP contribution is -2.13. The van der Waals surface area contributed by atoms with E-state index in [1.165, 1.54) is 12.1 Å². The van der Waals surface area contributed by atoms with Gasteiger partial charge in [-0.05, 0) is 24.6 Å². The van der Waals surface area contributed by atoms with Gasteiger partial charge in [-0.1, -0.05) is 18.1 Å². The molecule has 0 radical (unpaired) electrons. The molecule has 0 spiro atoms. The zero-order valence-corrected chi connectivity index (χ0v) is 10.2. The predicted molar refractivity (Wildman–Crippen MR) is 65.0 cm³/mol. The SMILES string of the molecule is CCc1cc(C(=O)Nc2cc(F)ccc2C)no1. The number of amides is 1. The lowest BCUT2D eigenvalue weighted by atomic mass is 10.2. The molecule has 0 saturated carbocycles. The Labute approximate surface area is 104 Å². The van der Waals surface area contributed by atoms with Gasteiger partial charge in [-0.3, -0.25) is 4.79 Å². The number of aromatic nitrogens is 1. The fourth-order valence-corrected chi connectivity index (χ4v) is 1.50. The van der Waals surface area contributed by atoms with Crippen molar-refractivity contribution in [1.29, 1.82) is 0 Å². The predicted octanol–water partition coefficient (Wildman–Crippen LogP) is 2.94. The number of carbonyl (C=O) groups is 1. The first kappa shape index (κ1) is 12.3. The van der Waals surface area contributed by atoms with Crippen LogP contribution in [-0.2, 0) is 6.42 Å². The molecule has 1 amide bonds. The second kappa shape index (κ2) is 5.00. The van der Waals surface area contributed by atoms with Gasteiger partial charge in [-0.25, -0.2) is 4.39 Å². The molecule has 2 rings (SSSR count). The van der Waals surface area contributed by atoms with Crippen molar-refractivity contribution in [1.82, 2.24) is 5.16 Å². The molecule has 1 heterocycles. The molecule has 0 fully saturated rings. The minimum atomic E-state index is -0.410. The quantitative estimate of drug-likeness (QED) is 0.908. The smallest absolute Gasteiger partial charge is 0.277 e. The van der Waals surface area contributed by atoms with E-state index in [9.17, 15) is 9.18 Å². The van der Waals surface area contributed by atoms with Crippen LogP contribution in [0.2, 0.25) is 0 Å². The van der Waals surface area contributed by atoms with E-state index in [2.05, 4.69) is 10.5 Å². The zero-order valence-electron chi connectivity index (χ0n) is 10.2. The van der Waals surface area contributed by atoms with E-state index in [-0.39, 0.29) is 5.69 Å². The van der Waals surface area contributed by atoms with Crippen LogP contribution in [0.4, 0.5) is 10.1 Å². The highest BCUT2D eigenvalue weighted by atomic mass is 19.1. The molecule has 1 aromatic carbocycles. The summed E-state index contributed by atoms with van der Waals surface area (Å²) in [4.78, 5) is 11.9. The Morgan fingerprint density at radius 2 is 2.22 bits per heavy atom. The first-order valence-corrected chi connectivity index (χ1v) is 5.63. The maximum absolute atomic E-state index is 13.1. The summed E-state index contributed by atoms with van der Waals surface area (Å²) in [6.07, 6.45) is 0.666. The van der Waals surface area contributed by atoms with E-state index in [0.29, 0.717) is 17.9 Å². The van der Waals surface area contributed by atoms with E-state index in [0.717, 1.165) is 5.56 Å². The number of hydrogen-bond acceptors (Lipinski definition) is 3. The number of carbonyl (C=O) groups excluding carboxylic acids is 1. The van der Waals surface area contributed by atoms with Crippen LogP contribution in [0, 0.1) is 12.7 Å². The normalized spacial score (nSPS) is 10.4. The molecule has 0 aliphatic heterocycles. The largest absolute Gasteiger partial charge is 0.361 e. The molecule has 0 saturated heterocycles. The standard InChI is InChI=1S/C13H13FN2O2/c1-3-10-7-12(16-18-10)13(17)15-11-6-9(14)5-4-8(11)2/h4-7H,3H2,1-2H3,(H,15,17). The number of nitrogens with zero attached hydrogens (tertiary/aromatic N) is 1. The minimum absolute atomic E-state index is 0.190. The molecule has 1 aromatic heterocycles. The molecule has 0 bridgehead atoms. The van der Waals surface area contributed by atoms with Gasteiger partial charge < -0.3 is 9.84 Å². The van der Waals surface area contributed by atoms with Crippen molar-refractivity contribution < 1.29 is 13.7 Å². The summed E-state index contributed by atoms with van der Waals surface area (Å²) in [6, 6.07) is 5.79. The van der Waals surface area contributed by atoms with Crippen LogP contribution >= 0.6 is 0 Å². The lowest BCUT2D eigenvalue weighted by molar-refractivity contribution is 0.101. The Morgan fingerprint density at radius 3 is 2.89 bits per heavy atom. The van der Waals surface area contributed by atoms with Crippen molar-refractivity contribution in [2.24, 2.45) is 0 Å². The fourth-order valence-electron chi connectivity index (χ4n) is 1.50. The number of hydrogen-bond donors (Lipinski definition) is 1. The Morgan fingerprint density at radius 1 is 1.44 bits per heavy atom. The molecule has 0 unspecified atom stereocenters. The van der Waals surface area contributed by atoms with Crippen molar-refractivity contribution in [3.8, 4) is 0 Å². The van der Waals surface area contributed by atoms with Gasteiger partial charge in [0, 0.05) is 18.2 Å². The second-order valence-electron chi connectivity index (χ2n) is 3.95. The van der Waals surface area contributed by atoms with Gasteiger partial charge in [0.2, 0.25) is 0 Å². The second-order valence-corrected chi connectivity index (χ2v) is 3.95. The number of halogens is 1. The van der Waals surface area contributed by atoms with Gasteiger partial charge in [-0.2, -0.15) is 0 Å². The fraction of sp³-hybridized carbons (Fsp3) is 0.231. The summed E-state index contributed by atoms with van der Waals surface area (Å²) in [5.74, 6) is -0.173. The average Bonchev–Trinajstić information content (AvgIpc) is 2.82.